The maximum Gasteiger partial charge on any atom is 0.269 e. The monoisotopic (exact) mass is 518 g/mol. The molecule has 0 bridgehead atoms. The first-order chi connectivity index (χ1) is 18.2. The van der Waals surface area contributed by atoms with Gasteiger partial charge in [0.2, 0.25) is 0 Å². The van der Waals surface area contributed by atoms with E-state index in [9.17, 15) is 19.2 Å². The van der Waals surface area contributed by atoms with Crippen LogP contribution in [-0.4, -0.2) is 43.9 Å². The maximum atomic E-state index is 13.1. The smallest absolute Gasteiger partial charge is 0.269 e. The third-order valence-corrected chi connectivity index (χ3v) is 5.66. The van der Waals surface area contributed by atoms with Crippen LogP contribution in [0.2, 0.25) is 0 Å². The number of methoxy groups -OCH3 is 2. The first-order valence-electron chi connectivity index (χ1n) is 11.8. The van der Waals surface area contributed by atoms with Crippen molar-refractivity contribution in [3.8, 4) is 11.5 Å². The number of carbonyl (C=O) groups is 4. The molecule has 4 N–H and O–H groups in total. The average molecular weight is 519 g/mol. The van der Waals surface area contributed by atoms with Crippen molar-refractivity contribution in [2.24, 2.45) is 5.92 Å². The molecule has 0 spiro atoms. The van der Waals surface area contributed by atoms with E-state index in [0.29, 0.717) is 22.6 Å². The van der Waals surface area contributed by atoms with Crippen LogP contribution in [0.3, 0.4) is 0 Å². The zero-order valence-electron chi connectivity index (χ0n) is 21.5. The number of nitrogens with one attached hydrogen (secondary N) is 4. The molecule has 0 fully saturated rings. The molecule has 0 aliphatic carbocycles. The van der Waals surface area contributed by atoms with Crippen LogP contribution in [0.4, 0.5) is 5.69 Å². The Hall–Kier alpha value is -4.86. The fourth-order valence-electron chi connectivity index (χ4n) is 3.49. The second kappa shape index (κ2) is 12.9. The zero-order valence-corrected chi connectivity index (χ0v) is 21.5. The first kappa shape index (κ1) is 27.7. The lowest BCUT2D eigenvalue weighted by Crippen LogP contribution is -2.54. The van der Waals surface area contributed by atoms with Gasteiger partial charge in [0.1, 0.15) is 17.5 Å². The maximum absolute atomic E-state index is 13.1. The summed E-state index contributed by atoms with van der Waals surface area (Å²) >= 11 is 0. The average Bonchev–Trinajstić information content (AvgIpc) is 2.94. The first-order valence-corrected chi connectivity index (χ1v) is 11.8. The number of benzene rings is 3. The van der Waals surface area contributed by atoms with Gasteiger partial charge >= 0.3 is 0 Å². The number of ether oxygens (including phenoxy) is 2. The Morgan fingerprint density at radius 3 is 1.71 bits per heavy atom. The quantitative estimate of drug-likeness (QED) is 0.322. The van der Waals surface area contributed by atoms with E-state index >= 15 is 0 Å². The zero-order chi connectivity index (χ0) is 27.7. The summed E-state index contributed by atoms with van der Waals surface area (Å²) in [4.78, 5) is 51.1. The molecule has 1 atom stereocenters. The Labute approximate surface area is 220 Å². The lowest BCUT2D eigenvalue weighted by molar-refractivity contribution is -0.124. The van der Waals surface area contributed by atoms with Crippen molar-refractivity contribution in [3.05, 3.63) is 89.5 Å². The van der Waals surface area contributed by atoms with Crippen molar-refractivity contribution in [3.63, 3.8) is 0 Å². The summed E-state index contributed by atoms with van der Waals surface area (Å²) in [6.45, 7) is 3.51. The highest BCUT2D eigenvalue weighted by Gasteiger charge is 2.26. The third kappa shape index (κ3) is 7.10. The van der Waals surface area contributed by atoms with Gasteiger partial charge in [0.05, 0.1) is 25.5 Å². The van der Waals surface area contributed by atoms with Crippen LogP contribution in [0.25, 0.3) is 0 Å². The number of anilines is 1. The second-order valence-corrected chi connectivity index (χ2v) is 8.60. The Kier molecular flexibility index (Phi) is 9.42. The van der Waals surface area contributed by atoms with Crippen LogP contribution in [0, 0.1) is 5.92 Å². The molecule has 3 aromatic rings. The summed E-state index contributed by atoms with van der Waals surface area (Å²) < 4.78 is 10.2. The van der Waals surface area contributed by atoms with Gasteiger partial charge in [0.15, 0.2) is 0 Å². The molecule has 0 aliphatic heterocycles. The molecule has 10 heteroatoms. The molecule has 0 saturated carbocycles. The van der Waals surface area contributed by atoms with E-state index in [2.05, 4.69) is 21.5 Å². The van der Waals surface area contributed by atoms with Gasteiger partial charge in [-0.3, -0.25) is 30.0 Å². The number of hydrazine groups is 1. The van der Waals surface area contributed by atoms with E-state index in [0.717, 1.165) is 0 Å². The van der Waals surface area contributed by atoms with Crippen LogP contribution in [0.15, 0.2) is 72.8 Å². The number of para-hydroxylation sites is 1. The van der Waals surface area contributed by atoms with E-state index in [1.165, 1.54) is 14.2 Å². The largest absolute Gasteiger partial charge is 0.497 e. The van der Waals surface area contributed by atoms with Gasteiger partial charge in [-0.25, -0.2) is 0 Å². The summed E-state index contributed by atoms with van der Waals surface area (Å²) in [5.74, 6) is -1.21. The molecule has 1 unspecified atom stereocenters. The summed E-state index contributed by atoms with van der Waals surface area (Å²) in [6, 6.07) is 18.4. The van der Waals surface area contributed by atoms with Gasteiger partial charge in [0, 0.05) is 11.1 Å². The van der Waals surface area contributed by atoms with E-state index in [4.69, 9.17) is 9.47 Å². The van der Waals surface area contributed by atoms with Gasteiger partial charge in [-0.15, -0.1) is 0 Å². The van der Waals surface area contributed by atoms with Crippen LogP contribution in [-0.2, 0) is 4.79 Å². The molecule has 0 heterocycles. The molecular formula is C28H30N4O6. The number of hydrogen-bond acceptors (Lipinski definition) is 6. The van der Waals surface area contributed by atoms with Crippen molar-refractivity contribution >= 4 is 29.3 Å². The summed E-state index contributed by atoms with van der Waals surface area (Å²) in [6.07, 6.45) is 0. The van der Waals surface area contributed by atoms with Crippen LogP contribution >= 0.6 is 0 Å². The van der Waals surface area contributed by atoms with Gasteiger partial charge in [-0.05, 0) is 66.6 Å². The fourth-order valence-corrected chi connectivity index (χ4v) is 3.49. The molecule has 0 radical (unpaired) electrons. The Morgan fingerprint density at radius 2 is 1.18 bits per heavy atom. The van der Waals surface area contributed by atoms with Crippen LogP contribution in [0.1, 0.15) is 44.9 Å². The molecular weight excluding hydrogens is 488 g/mol. The van der Waals surface area contributed by atoms with E-state index in [1.54, 1.807) is 86.6 Å². The van der Waals surface area contributed by atoms with Crippen molar-refractivity contribution < 1.29 is 28.7 Å². The Balaban J connectivity index is 1.66. The van der Waals surface area contributed by atoms with Gasteiger partial charge < -0.3 is 20.1 Å². The second-order valence-electron chi connectivity index (χ2n) is 8.60. The molecule has 0 aromatic heterocycles. The Bertz CT molecular complexity index is 1290. The van der Waals surface area contributed by atoms with Crippen molar-refractivity contribution in [1.29, 1.82) is 0 Å². The summed E-state index contributed by atoms with van der Waals surface area (Å²) in [5, 5.41) is 5.43. The van der Waals surface area contributed by atoms with E-state index < -0.39 is 29.7 Å². The number of hydrogen-bond donors (Lipinski definition) is 4. The lowest BCUT2D eigenvalue weighted by atomic mass is 10.0. The normalized spacial score (nSPS) is 11.2. The third-order valence-electron chi connectivity index (χ3n) is 5.66. The van der Waals surface area contributed by atoms with E-state index in [1.807, 2.05) is 0 Å². The van der Waals surface area contributed by atoms with Crippen molar-refractivity contribution in [2.75, 3.05) is 19.5 Å². The predicted molar refractivity (Wildman–Crippen MR) is 142 cm³/mol. The molecule has 10 nitrogen and oxygen atoms in total. The number of rotatable bonds is 9. The number of amides is 4. The van der Waals surface area contributed by atoms with Crippen molar-refractivity contribution in [1.82, 2.24) is 16.2 Å². The van der Waals surface area contributed by atoms with Crippen LogP contribution in [0.5, 0.6) is 11.5 Å². The Morgan fingerprint density at radius 1 is 0.658 bits per heavy atom. The molecule has 198 valence electrons. The predicted octanol–water partition coefficient (Wildman–Crippen LogP) is 3.17. The van der Waals surface area contributed by atoms with Gasteiger partial charge in [0.25, 0.3) is 23.6 Å². The van der Waals surface area contributed by atoms with Crippen molar-refractivity contribution in [2.45, 2.75) is 19.9 Å². The molecule has 4 amide bonds. The lowest BCUT2D eigenvalue weighted by Gasteiger charge is -2.22. The highest BCUT2D eigenvalue weighted by Crippen LogP contribution is 2.18. The summed E-state index contributed by atoms with van der Waals surface area (Å²) in [7, 11) is 3.05. The molecule has 0 aliphatic rings. The highest BCUT2D eigenvalue weighted by molar-refractivity contribution is 6.09. The molecule has 0 saturated heterocycles. The molecule has 3 aromatic carbocycles. The van der Waals surface area contributed by atoms with Crippen LogP contribution < -0.4 is 31.0 Å². The summed E-state index contributed by atoms with van der Waals surface area (Å²) in [5.41, 5.74) is 5.87. The van der Waals surface area contributed by atoms with Gasteiger partial charge in [-0.1, -0.05) is 26.0 Å². The number of carbonyl (C=O) groups excluding carboxylic acids is 4. The van der Waals surface area contributed by atoms with Gasteiger partial charge in [-0.2, -0.15) is 0 Å². The minimum absolute atomic E-state index is 0.176. The fraction of sp³-hybridized carbons (Fsp3) is 0.214. The van der Waals surface area contributed by atoms with E-state index in [-0.39, 0.29) is 17.2 Å². The standard InChI is InChI=1S/C28H30N4O6/c1-17(2)24(28(36)32-31-26(34)19-11-15-21(38-4)16-12-19)30-27(35)22-7-5-6-8-23(22)29-25(33)18-9-13-20(37-3)14-10-18/h5-17,24H,1-4H3,(H,29,33)(H,30,35)(H,31,34)(H,32,36). The molecule has 38 heavy (non-hydrogen) atoms. The molecule has 3 rings (SSSR count). The SMILES string of the molecule is COc1ccc(C(=O)NNC(=O)C(NC(=O)c2ccccc2NC(=O)c2ccc(OC)cc2)C(C)C)cc1. The minimum Gasteiger partial charge on any atom is -0.497 e. The topological polar surface area (TPSA) is 135 Å². The minimum atomic E-state index is -0.969. The highest BCUT2D eigenvalue weighted by atomic mass is 16.5.